The van der Waals surface area contributed by atoms with E-state index in [1.54, 1.807) is 11.3 Å². The fourth-order valence-corrected chi connectivity index (χ4v) is 6.72. The first kappa shape index (κ1) is 23.7. The zero-order valence-corrected chi connectivity index (χ0v) is 23.0. The maximum Gasteiger partial charge on any atom is 0.161 e. The summed E-state index contributed by atoms with van der Waals surface area (Å²) in [6.45, 7) is 0. The Hall–Kier alpha value is -5.12. The van der Waals surface area contributed by atoms with Crippen molar-refractivity contribution in [3.8, 4) is 44.9 Å². The molecule has 8 rings (SSSR count). The average Bonchev–Trinajstić information content (AvgIpc) is 3.43. The van der Waals surface area contributed by atoms with Gasteiger partial charge in [-0.2, -0.15) is 0 Å². The minimum absolute atomic E-state index is 0.742. The van der Waals surface area contributed by atoms with Crippen molar-refractivity contribution in [2.75, 3.05) is 0 Å². The molecule has 41 heavy (non-hydrogen) atoms. The van der Waals surface area contributed by atoms with E-state index in [0.717, 1.165) is 38.4 Å². The van der Waals surface area contributed by atoms with E-state index in [0.29, 0.717) is 0 Å². The van der Waals surface area contributed by atoms with E-state index in [4.69, 9.17) is 9.97 Å². The van der Waals surface area contributed by atoms with Gasteiger partial charge in [-0.3, -0.25) is 0 Å². The van der Waals surface area contributed by atoms with E-state index in [2.05, 4.69) is 146 Å². The number of nitrogens with zero attached hydrogens (tertiary/aromatic N) is 2. The van der Waals surface area contributed by atoms with Gasteiger partial charge in [-0.25, -0.2) is 9.97 Å². The summed E-state index contributed by atoms with van der Waals surface area (Å²) < 4.78 is 1.22. The molecular weight excluding hydrogens is 516 g/mol. The van der Waals surface area contributed by atoms with E-state index in [1.165, 1.54) is 37.5 Å². The molecule has 2 nitrogen and oxygen atoms in total. The van der Waals surface area contributed by atoms with Crippen LogP contribution in [-0.4, -0.2) is 9.97 Å². The van der Waals surface area contributed by atoms with Crippen LogP contribution >= 0.6 is 11.3 Å². The third kappa shape index (κ3) is 4.28. The van der Waals surface area contributed by atoms with Crippen LogP contribution in [-0.2, 0) is 0 Å². The van der Waals surface area contributed by atoms with Crippen molar-refractivity contribution < 1.29 is 0 Å². The Morgan fingerprint density at radius 2 is 1.05 bits per heavy atom. The molecule has 0 saturated carbocycles. The number of fused-ring (bicyclic) bond motifs is 4. The van der Waals surface area contributed by atoms with E-state index in [1.807, 2.05) is 0 Å². The summed E-state index contributed by atoms with van der Waals surface area (Å²) in [4.78, 5) is 11.4. The second kappa shape index (κ2) is 9.81. The topological polar surface area (TPSA) is 25.8 Å². The number of thiophene rings is 1. The first-order valence-corrected chi connectivity index (χ1v) is 14.6. The molecule has 2 heterocycles. The second-order valence-electron chi connectivity index (χ2n) is 10.3. The van der Waals surface area contributed by atoms with Crippen molar-refractivity contribution in [2.45, 2.75) is 0 Å². The van der Waals surface area contributed by atoms with Crippen molar-refractivity contribution in [3.63, 3.8) is 0 Å². The molecule has 0 aliphatic heterocycles. The Morgan fingerprint density at radius 1 is 0.415 bits per heavy atom. The molecular formula is C38H24N2S. The predicted octanol–water partition coefficient (Wildman–Crippen LogP) is 10.7. The molecule has 3 heteroatoms. The summed E-state index contributed by atoms with van der Waals surface area (Å²) in [6.07, 6.45) is 0. The first-order valence-electron chi connectivity index (χ1n) is 13.7. The largest absolute Gasteiger partial charge is 0.227 e. The van der Waals surface area contributed by atoms with Crippen LogP contribution in [0.4, 0.5) is 0 Å². The van der Waals surface area contributed by atoms with Gasteiger partial charge in [-0.05, 0) is 57.3 Å². The lowest BCUT2D eigenvalue weighted by Crippen LogP contribution is -1.94. The SMILES string of the molecule is c1ccc(-c2cccc(-c3nc(-c4cccc(-c5ccc6ccccc6c5)c4)nc4sc5ccccc5c34)c2)cc1. The summed E-state index contributed by atoms with van der Waals surface area (Å²) in [5, 5.41) is 4.79. The summed E-state index contributed by atoms with van der Waals surface area (Å²) in [5.41, 5.74) is 7.78. The molecule has 0 unspecified atom stereocenters. The van der Waals surface area contributed by atoms with Crippen LogP contribution in [0.3, 0.4) is 0 Å². The molecule has 2 aromatic heterocycles. The lowest BCUT2D eigenvalue weighted by atomic mass is 9.98. The fourth-order valence-electron chi connectivity index (χ4n) is 5.64. The average molecular weight is 541 g/mol. The minimum Gasteiger partial charge on any atom is -0.227 e. The summed E-state index contributed by atoms with van der Waals surface area (Å²) in [6, 6.07) is 51.5. The molecule has 192 valence electrons. The summed E-state index contributed by atoms with van der Waals surface area (Å²) in [5.74, 6) is 0.742. The molecule has 0 N–H and O–H groups in total. The van der Waals surface area contributed by atoms with Gasteiger partial charge in [0.05, 0.1) is 5.69 Å². The van der Waals surface area contributed by atoms with E-state index in [9.17, 15) is 0 Å². The molecule has 0 radical (unpaired) electrons. The van der Waals surface area contributed by atoms with Gasteiger partial charge >= 0.3 is 0 Å². The first-order chi connectivity index (χ1) is 20.3. The number of aromatic nitrogens is 2. The van der Waals surface area contributed by atoms with Gasteiger partial charge in [0.15, 0.2) is 5.82 Å². The summed E-state index contributed by atoms with van der Waals surface area (Å²) >= 11 is 1.73. The smallest absolute Gasteiger partial charge is 0.161 e. The molecule has 0 amide bonds. The third-order valence-electron chi connectivity index (χ3n) is 7.69. The van der Waals surface area contributed by atoms with Gasteiger partial charge in [0, 0.05) is 26.6 Å². The molecule has 0 fully saturated rings. The van der Waals surface area contributed by atoms with Crippen LogP contribution in [0.5, 0.6) is 0 Å². The highest BCUT2D eigenvalue weighted by molar-refractivity contribution is 7.25. The Balaban J connectivity index is 1.32. The van der Waals surface area contributed by atoms with Gasteiger partial charge in [0.25, 0.3) is 0 Å². The van der Waals surface area contributed by atoms with Crippen molar-refractivity contribution in [1.82, 2.24) is 9.97 Å². The number of rotatable bonds is 4. The van der Waals surface area contributed by atoms with Crippen LogP contribution in [0, 0.1) is 0 Å². The number of benzene rings is 6. The van der Waals surface area contributed by atoms with Crippen molar-refractivity contribution >= 4 is 42.4 Å². The quantitative estimate of drug-likeness (QED) is 0.222. The highest BCUT2D eigenvalue weighted by atomic mass is 32.1. The molecule has 0 aliphatic rings. The number of hydrogen-bond donors (Lipinski definition) is 0. The van der Waals surface area contributed by atoms with Gasteiger partial charge < -0.3 is 0 Å². The maximum absolute atomic E-state index is 5.28. The van der Waals surface area contributed by atoms with Crippen LogP contribution in [0.2, 0.25) is 0 Å². The lowest BCUT2D eigenvalue weighted by Gasteiger charge is -2.11. The lowest BCUT2D eigenvalue weighted by molar-refractivity contribution is 1.24. The van der Waals surface area contributed by atoms with Crippen molar-refractivity contribution in [1.29, 1.82) is 0 Å². The Bertz CT molecular complexity index is 2210. The van der Waals surface area contributed by atoms with Gasteiger partial charge in [0.2, 0.25) is 0 Å². The molecule has 0 spiro atoms. The maximum atomic E-state index is 5.28. The van der Waals surface area contributed by atoms with Gasteiger partial charge in [-0.15, -0.1) is 11.3 Å². The molecule has 0 atom stereocenters. The zero-order valence-electron chi connectivity index (χ0n) is 22.2. The molecule has 0 saturated heterocycles. The predicted molar refractivity (Wildman–Crippen MR) is 174 cm³/mol. The van der Waals surface area contributed by atoms with Gasteiger partial charge in [0.1, 0.15) is 4.83 Å². The minimum atomic E-state index is 0.742. The van der Waals surface area contributed by atoms with Crippen molar-refractivity contribution in [2.24, 2.45) is 0 Å². The monoisotopic (exact) mass is 540 g/mol. The Kier molecular flexibility index (Phi) is 5.68. The van der Waals surface area contributed by atoms with E-state index >= 15 is 0 Å². The van der Waals surface area contributed by atoms with E-state index < -0.39 is 0 Å². The molecule has 6 aromatic carbocycles. The van der Waals surface area contributed by atoms with Crippen LogP contribution in [0.15, 0.2) is 146 Å². The van der Waals surface area contributed by atoms with E-state index in [-0.39, 0.29) is 0 Å². The van der Waals surface area contributed by atoms with Crippen LogP contribution in [0.25, 0.3) is 76.0 Å². The standard InChI is InChI=1S/C38H24N2S/c1-2-10-25(11-3-1)28-14-8-16-31(23-28)36-35-33-18-6-7-19-34(33)41-38(35)40-37(39-36)32-17-9-15-29(24-32)30-21-20-26-12-4-5-13-27(26)22-30/h1-24H. The molecule has 0 bridgehead atoms. The highest BCUT2D eigenvalue weighted by Crippen LogP contribution is 2.40. The number of hydrogen-bond acceptors (Lipinski definition) is 3. The Labute approximate surface area is 242 Å². The molecule has 0 aliphatic carbocycles. The van der Waals surface area contributed by atoms with Gasteiger partial charge in [-0.1, -0.05) is 121 Å². The highest BCUT2D eigenvalue weighted by Gasteiger charge is 2.17. The second-order valence-corrected chi connectivity index (χ2v) is 11.3. The third-order valence-corrected chi connectivity index (χ3v) is 8.75. The van der Waals surface area contributed by atoms with Crippen LogP contribution < -0.4 is 0 Å². The normalized spacial score (nSPS) is 11.4. The van der Waals surface area contributed by atoms with Crippen molar-refractivity contribution in [3.05, 3.63) is 146 Å². The zero-order chi connectivity index (χ0) is 27.2. The Morgan fingerprint density at radius 3 is 1.93 bits per heavy atom. The fraction of sp³-hybridized carbons (Fsp3) is 0. The molecule has 8 aromatic rings. The summed E-state index contributed by atoms with van der Waals surface area (Å²) in [7, 11) is 0. The van der Waals surface area contributed by atoms with Crippen LogP contribution in [0.1, 0.15) is 0 Å².